The lowest BCUT2D eigenvalue weighted by atomic mass is 10.2. The Kier molecular flexibility index (Phi) is 7.75. The van der Waals surface area contributed by atoms with Gasteiger partial charge in [0.15, 0.2) is 18.1 Å². The standard InChI is InChI=1S/C17H16I2N2O4/c1-2-24-14-5-3-4-6-15(14)25-10-16(22)21-20-9-11-7-12(18)17(23)13(19)8-11/h3-9,23H,2,10H2,1H3,(H,21,22). The number of carbonyl (C=O) groups excluding carboxylic acids is 1. The number of amides is 1. The van der Waals surface area contributed by atoms with E-state index in [9.17, 15) is 9.90 Å². The Morgan fingerprint density at radius 2 is 1.80 bits per heavy atom. The molecule has 8 heteroatoms. The molecule has 0 saturated heterocycles. The second kappa shape index (κ2) is 9.80. The van der Waals surface area contributed by atoms with Crippen LogP contribution in [0.1, 0.15) is 12.5 Å². The summed E-state index contributed by atoms with van der Waals surface area (Å²) in [6, 6.07) is 10.7. The summed E-state index contributed by atoms with van der Waals surface area (Å²) < 4.78 is 12.3. The molecular formula is C17H16I2N2O4. The van der Waals surface area contributed by atoms with Gasteiger partial charge in [-0.1, -0.05) is 12.1 Å². The molecule has 0 unspecified atom stereocenters. The first-order valence-electron chi connectivity index (χ1n) is 7.35. The molecule has 0 saturated carbocycles. The van der Waals surface area contributed by atoms with Crippen LogP contribution in [-0.4, -0.2) is 30.4 Å². The first-order chi connectivity index (χ1) is 12.0. The number of carbonyl (C=O) groups is 1. The fraction of sp³-hybridized carbons (Fsp3) is 0.176. The maximum Gasteiger partial charge on any atom is 0.277 e. The molecule has 0 heterocycles. The lowest BCUT2D eigenvalue weighted by Gasteiger charge is -2.10. The Morgan fingerprint density at radius 1 is 1.20 bits per heavy atom. The topological polar surface area (TPSA) is 80.2 Å². The quantitative estimate of drug-likeness (QED) is 0.306. The van der Waals surface area contributed by atoms with Crippen LogP contribution in [0, 0.1) is 7.14 Å². The van der Waals surface area contributed by atoms with Gasteiger partial charge in [0.2, 0.25) is 0 Å². The van der Waals surface area contributed by atoms with E-state index in [4.69, 9.17) is 9.47 Å². The van der Waals surface area contributed by atoms with Gasteiger partial charge in [0.1, 0.15) is 5.75 Å². The highest BCUT2D eigenvalue weighted by atomic mass is 127. The van der Waals surface area contributed by atoms with Gasteiger partial charge >= 0.3 is 0 Å². The number of nitrogens with zero attached hydrogens (tertiary/aromatic N) is 1. The van der Waals surface area contributed by atoms with E-state index in [0.29, 0.717) is 25.2 Å². The third-order valence-electron chi connectivity index (χ3n) is 2.95. The molecule has 0 aliphatic rings. The van der Waals surface area contributed by atoms with Crippen LogP contribution in [0.3, 0.4) is 0 Å². The number of rotatable bonds is 7. The smallest absolute Gasteiger partial charge is 0.277 e. The normalized spacial score (nSPS) is 10.7. The number of hydrazone groups is 1. The first kappa shape index (κ1) is 19.8. The average molecular weight is 566 g/mol. The van der Waals surface area contributed by atoms with Gasteiger partial charge < -0.3 is 14.6 Å². The summed E-state index contributed by atoms with van der Waals surface area (Å²) in [5.41, 5.74) is 3.18. The molecule has 2 rings (SSSR count). The molecule has 6 nitrogen and oxygen atoms in total. The van der Waals surface area contributed by atoms with Crippen molar-refractivity contribution < 1.29 is 19.4 Å². The molecule has 0 aromatic heterocycles. The number of para-hydroxylation sites is 2. The van der Waals surface area contributed by atoms with Crippen LogP contribution < -0.4 is 14.9 Å². The van der Waals surface area contributed by atoms with Crippen molar-refractivity contribution in [3.05, 3.63) is 49.1 Å². The van der Waals surface area contributed by atoms with Gasteiger partial charge in [-0.2, -0.15) is 5.10 Å². The minimum Gasteiger partial charge on any atom is -0.506 e. The van der Waals surface area contributed by atoms with E-state index in [1.165, 1.54) is 6.21 Å². The zero-order valence-electron chi connectivity index (χ0n) is 13.3. The van der Waals surface area contributed by atoms with Crippen molar-refractivity contribution >= 4 is 57.3 Å². The summed E-state index contributed by atoms with van der Waals surface area (Å²) in [4.78, 5) is 11.8. The number of hydrogen-bond donors (Lipinski definition) is 2. The summed E-state index contributed by atoms with van der Waals surface area (Å²) in [6.45, 7) is 2.22. The molecule has 0 spiro atoms. The molecule has 25 heavy (non-hydrogen) atoms. The maximum atomic E-state index is 11.8. The largest absolute Gasteiger partial charge is 0.506 e. The summed E-state index contributed by atoms with van der Waals surface area (Å²) >= 11 is 4.07. The molecule has 1 amide bonds. The van der Waals surface area contributed by atoms with E-state index in [-0.39, 0.29) is 18.3 Å². The van der Waals surface area contributed by atoms with E-state index >= 15 is 0 Å². The summed E-state index contributed by atoms with van der Waals surface area (Å²) in [5, 5.41) is 13.6. The lowest BCUT2D eigenvalue weighted by Crippen LogP contribution is -2.24. The Morgan fingerprint density at radius 3 is 2.40 bits per heavy atom. The average Bonchev–Trinajstić information content (AvgIpc) is 2.59. The fourth-order valence-corrected chi connectivity index (χ4v) is 3.67. The van der Waals surface area contributed by atoms with Crippen LogP contribution in [0.4, 0.5) is 0 Å². The van der Waals surface area contributed by atoms with E-state index in [0.717, 1.165) is 5.56 Å². The summed E-state index contributed by atoms with van der Waals surface area (Å²) in [7, 11) is 0. The Labute approximate surface area is 172 Å². The van der Waals surface area contributed by atoms with Crippen LogP contribution in [0.5, 0.6) is 17.2 Å². The van der Waals surface area contributed by atoms with Crippen molar-refractivity contribution in [3.8, 4) is 17.2 Å². The second-order valence-electron chi connectivity index (χ2n) is 4.79. The molecular weight excluding hydrogens is 550 g/mol. The van der Waals surface area contributed by atoms with Crippen molar-refractivity contribution in [1.29, 1.82) is 0 Å². The Bertz CT molecular complexity index is 758. The van der Waals surface area contributed by atoms with Gasteiger partial charge in [-0.05, 0) is 81.9 Å². The highest BCUT2D eigenvalue weighted by Gasteiger charge is 2.07. The third-order valence-corrected chi connectivity index (χ3v) is 4.59. The van der Waals surface area contributed by atoms with Gasteiger partial charge in [0.25, 0.3) is 5.91 Å². The molecule has 2 aromatic rings. The van der Waals surface area contributed by atoms with Crippen molar-refractivity contribution in [1.82, 2.24) is 5.43 Å². The number of nitrogens with one attached hydrogen (secondary N) is 1. The number of hydrogen-bond acceptors (Lipinski definition) is 5. The highest BCUT2D eigenvalue weighted by Crippen LogP contribution is 2.27. The predicted molar refractivity (Wildman–Crippen MR) is 112 cm³/mol. The predicted octanol–water partition coefficient (Wildman–Crippen LogP) is 3.53. The molecule has 0 bridgehead atoms. The highest BCUT2D eigenvalue weighted by molar-refractivity contribution is 14.1. The Balaban J connectivity index is 1.89. The van der Waals surface area contributed by atoms with Gasteiger partial charge in [-0.25, -0.2) is 5.43 Å². The molecule has 0 atom stereocenters. The monoisotopic (exact) mass is 566 g/mol. The van der Waals surface area contributed by atoms with Gasteiger partial charge in [0.05, 0.1) is 20.0 Å². The summed E-state index contributed by atoms with van der Waals surface area (Å²) in [5.74, 6) is 0.954. The van der Waals surface area contributed by atoms with E-state index in [2.05, 4.69) is 10.5 Å². The zero-order valence-corrected chi connectivity index (χ0v) is 17.6. The zero-order chi connectivity index (χ0) is 18.2. The van der Waals surface area contributed by atoms with E-state index in [1.807, 2.05) is 64.2 Å². The number of ether oxygens (including phenoxy) is 2. The summed E-state index contributed by atoms with van der Waals surface area (Å²) in [6.07, 6.45) is 1.51. The molecule has 0 radical (unpaired) electrons. The van der Waals surface area contributed by atoms with E-state index in [1.54, 1.807) is 24.3 Å². The fourth-order valence-electron chi connectivity index (χ4n) is 1.86. The third kappa shape index (κ3) is 6.03. The van der Waals surface area contributed by atoms with Gasteiger partial charge in [0, 0.05) is 0 Å². The van der Waals surface area contributed by atoms with Crippen molar-refractivity contribution in [2.45, 2.75) is 6.92 Å². The minimum absolute atomic E-state index is 0.175. The first-order valence-corrected chi connectivity index (χ1v) is 9.51. The number of aromatic hydroxyl groups is 1. The molecule has 0 fully saturated rings. The van der Waals surface area contributed by atoms with Crippen LogP contribution in [0.15, 0.2) is 41.5 Å². The molecule has 132 valence electrons. The maximum absolute atomic E-state index is 11.8. The molecule has 0 aliphatic heterocycles. The SMILES string of the molecule is CCOc1ccccc1OCC(=O)NN=Cc1cc(I)c(O)c(I)c1. The Hall–Kier alpha value is -1.56. The minimum atomic E-state index is -0.384. The van der Waals surface area contributed by atoms with Crippen LogP contribution in [0.25, 0.3) is 0 Å². The van der Waals surface area contributed by atoms with E-state index < -0.39 is 0 Å². The van der Waals surface area contributed by atoms with Crippen molar-refractivity contribution in [2.24, 2.45) is 5.10 Å². The number of phenols is 1. The van der Waals surface area contributed by atoms with Gasteiger partial charge in [-0.3, -0.25) is 4.79 Å². The molecule has 0 aliphatic carbocycles. The lowest BCUT2D eigenvalue weighted by molar-refractivity contribution is -0.123. The number of halogens is 2. The van der Waals surface area contributed by atoms with Crippen molar-refractivity contribution in [2.75, 3.05) is 13.2 Å². The number of benzene rings is 2. The second-order valence-corrected chi connectivity index (χ2v) is 7.12. The van der Waals surface area contributed by atoms with Crippen LogP contribution in [0.2, 0.25) is 0 Å². The van der Waals surface area contributed by atoms with Gasteiger partial charge in [-0.15, -0.1) is 0 Å². The molecule has 2 N–H and O–H groups in total. The molecule has 2 aromatic carbocycles. The number of phenolic OH excluding ortho intramolecular Hbond substituents is 1. The van der Waals surface area contributed by atoms with Crippen molar-refractivity contribution in [3.63, 3.8) is 0 Å². The van der Waals surface area contributed by atoms with Crippen LogP contribution in [-0.2, 0) is 4.79 Å². The van der Waals surface area contributed by atoms with Crippen LogP contribution >= 0.6 is 45.2 Å².